The molecule has 18 heavy (non-hydrogen) atoms. The predicted octanol–water partition coefficient (Wildman–Crippen LogP) is 4.06. The third-order valence-electron chi connectivity index (χ3n) is 2.68. The second-order valence-electron chi connectivity index (χ2n) is 4.06. The van der Waals surface area contributed by atoms with E-state index in [1.165, 1.54) is 18.3 Å². The highest BCUT2D eigenvalue weighted by Gasteiger charge is 2.10. The van der Waals surface area contributed by atoms with Gasteiger partial charge in [0, 0.05) is 16.8 Å². The molecular weight excluding hydrogens is 229 g/mol. The van der Waals surface area contributed by atoms with Crippen molar-refractivity contribution in [1.29, 1.82) is 0 Å². The summed E-state index contributed by atoms with van der Waals surface area (Å²) in [6, 6.07) is 9.84. The third-order valence-corrected chi connectivity index (χ3v) is 2.68. The Bertz CT molecular complexity index is 593. The average molecular weight is 243 g/mol. The van der Waals surface area contributed by atoms with Gasteiger partial charge in [-0.05, 0) is 43.0 Å². The summed E-state index contributed by atoms with van der Waals surface area (Å²) in [6.45, 7) is 5.38. The molecule has 0 saturated carbocycles. The Morgan fingerprint density at radius 3 is 2.61 bits per heavy atom. The summed E-state index contributed by atoms with van der Waals surface area (Å²) in [5.74, 6) is -0.298. The number of phenols is 1. The number of hydrogen-bond donors (Lipinski definition) is 2. The zero-order valence-electron chi connectivity index (χ0n) is 10.1. The van der Waals surface area contributed by atoms with Gasteiger partial charge in [0.1, 0.15) is 11.6 Å². The Labute approximate surface area is 105 Å². The van der Waals surface area contributed by atoms with E-state index in [2.05, 4.69) is 11.9 Å². The van der Waals surface area contributed by atoms with Gasteiger partial charge in [-0.1, -0.05) is 18.7 Å². The number of anilines is 1. The molecule has 0 aromatic heterocycles. The maximum Gasteiger partial charge on any atom is 0.131 e. The maximum absolute atomic E-state index is 13.9. The molecule has 0 spiro atoms. The summed E-state index contributed by atoms with van der Waals surface area (Å²) in [5.41, 5.74) is 2.43. The van der Waals surface area contributed by atoms with Crippen LogP contribution in [0.4, 0.5) is 10.1 Å². The lowest BCUT2D eigenvalue weighted by atomic mass is 10.0. The van der Waals surface area contributed by atoms with E-state index in [1.807, 2.05) is 13.0 Å². The summed E-state index contributed by atoms with van der Waals surface area (Å²) >= 11 is 0. The minimum atomic E-state index is -0.346. The summed E-state index contributed by atoms with van der Waals surface area (Å²) in [7, 11) is 0. The molecular formula is C15H14FNO. The molecule has 92 valence electrons. The van der Waals surface area contributed by atoms with Gasteiger partial charge in [0.25, 0.3) is 0 Å². The lowest BCUT2D eigenvalue weighted by Crippen LogP contribution is -1.90. The van der Waals surface area contributed by atoms with Gasteiger partial charge in [-0.2, -0.15) is 0 Å². The quantitative estimate of drug-likeness (QED) is 0.797. The standard InChI is InChI=1S/C15H14FNO/c1-3-17-11-5-7-15(18)13(9-11)12-6-4-10(2)8-14(12)16/h3-9,17-18H,1H2,2H3. The number of aryl methyl sites for hydroxylation is 1. The SMILES string of the molecule is C=CNc1ccc(O)c(-c2ccc(C)cc2F)c1. The van der Waals surface area contributed by atoms with Crippen LogP contribution in [0.2, 0.25) is 0 Å². The number of benzene rings is 2. The van der Waals surface area contributed by atoms with E-state index in [9.17, 15) is 9.50 Å². The molecule has 0 aliphatic rings. The monoisotopic (exact) mass is 243 g/mol. The van der Waals surface area contributed by atoms with Crippen LogP contribution in [0.25, 0.3) is 11.1 Å². The third kappa shape index (κ3) is 2.35. The van der Waals surface area contributed by atoms with Crippen LogP contribution in [0.15, 0.2) is 49.2 Å². The van der Waals surface area contributed by atoms with E-state index >= 15 is 0 Å². The molecule has 2 rings (SSSR count). The molecule has 2 nitrogen and oxygen atoms in total. The number of phenolic OH excluding ortho intramolecular Hbond substituents is 1. The van der Waals surface area contributed by atoms with Crippen LogP contribution in [0.3, 0.4) is 0 Å². The summed E-state index contributed by atoms with van der Waals surface area (Å²) in [4.78, 5) is 0. The molecule has 3 heteroatoms. The van der Waals surface area contributed by atoms with Crippen molar-refractivity contribution >= 4 is 5.69 Å². The lowest BCUT2D eigenvalue weighted by Gasteiger charge is -2.09. The van der Waals surface area contributed by atoms with Crippen molar-refractivity contribution in [2.75, 3.05) is 5.32 Å². The average Bonchev–Trinajstić information content (AvgIpc) is 2.33. The molecule has 0 aliphatic carbocycles. The van der Waals surface area contributed by atoms with Crippen LogP contribution in [-0.2, 0) is 0 Å². The topological polar surface area (TPSA) is 32.3 Å². The van der Waals surface area contributed by atoms with Crippen LogP contribution in [0, 0.1) is 12.7 Å². The Morgan fingerprint density at radius 2 is 1.94 bits per heavy atom. The molecule has 0 radical (unpaired) electrons. The fraction of sp³-hybridized carbons (Fsp3) is 0.0667. The van der Waals surface area contributed by atoms with Gasteiger partial charge in [0.05, 0.1) is 0 Å². The Balaban J connectivity index is 2.55. The predicted molar refractivity (Wildman–Crippen MR) is 72.1 cm³/mol. The smallest absolute Gasteiger partial charge is 0.131 e. The van der Waals surface area contributed by atoms with Crippen molar-refractivity contribution in [2.24, 2.45) is 0 Å². The van der Waals surface area contributed by atoms with Crippen LogP contribution >= 0.6 is 0 Å². The molecule has 2 N–H and O–H groups in total. The Morgan fingerprint density at radius 1 is 1.17 bits per heavy atom. The van der Waals surface area contributed by atoms with Crippen molar-refractivity contribution in [2.45, 2.75) is 6.92 Å². The number of halogens is 1. The number of hydrogen-bond acceptors (Lipinski definition) is 2. The van der Waals surface area contributed by atoms with Crippen LogP contribution < -0.4 is 5.32 Å². The van der Waals surface area contributed by atoms with Gasteiger partial charge in [-0.15, -0.1) is 0 Å². The molecule has 0 heterocycles. The van der Waals surface area contributed by atoms with E-state index < -0.39 is 0 Å². The zero-order valence-corrected chi connectivity index (χ0v) is 10.1. The minimum absolute atomic E-state index is 0.0485. The molecule has 0 amide bonds. The summed E-state index contributed by atoms with van der Waals surface area (Å²) in [6.07, 6.45) is 1.53. The fourth-order valence-electron chi connectivity index (χ4n) is 1.80. The van der Waals surface area contributed by atoms with Crippen molar-refractivity contribution in [3.8, 4) is 16.9 Å². The van der Waals surface area contributed by atoms with Crippen LogP contribution in [0.5, 0.6) is 5.75 Å². The van der Waals surface area contributed by atoms with E-state index in [0.29, 0.717) is 11.1 Å². The Kier molecular flexibility index (Phi) is 3.33. The second kappa shape index (κ2) is 4.92. The summed E-state index contributed by atoms with van der Waals surface area (Å²) < 4.78 is 13.9. The Hall–Kier alpha value is -2.29. The van der Waals surface area contributed by atoms with Crippen molar-refractivity contribution in [1.82, 2.24) is 0 Å². The molecule has 2 aromatic rings. The van der Waals surface area contributed by atoms with Crippen molar-refractivity contribution in [3.63, 3.8) is 0 Å². The highest BCUT2D eigenvalue weighted by Crippen LogP contribution is 2.33. The molecule has 2 aromatic carbocycles. The first-order valence-corrected chi connectivity index (χ1v) is 5.59. The van der Waals surface area contributed by atoms with Gasteiger partial charge in [-0.25, -0.2) is 4.39 Å². The van der Waals surface area contributed by atoms with E-state index in [-0.39, 0.29) is 11.6 Å². The van der Waals surface area contributed by atoms with Crippen LogP contribution in [-0.4, -0.2) is 5.11 Å². The first kappa shape index (κ1) is 12.2. The van der Waals surface area contributed by atoms with Gasteiger partial charge < -0.3 is 10.4 Å². The molecule has 0 fully saturated rings. The van der Waals surface area contributed by atoms with Gasteiger partial charge >= 0.3 is 0 Å². The second-order valence-corrected chi connectivity index (χ2v) is 4.06. The largest absolute Gasteiger partial charge is 0.507 e. The fourth-order valence-corrected chi connectivity index (χ4v) is 1.80. The van der Waals surface area contributed by atoms with Crippen LogP contribution in [0.1, 0.15) is 5.56 Å². The molecule has 0 unspecified atom stereocenters. The van der Waals surface area contributed by atoms with Gasteiger partial charge in [0.2, 0.25) is 0 Å². The zero-order chi connectivity index (χ0) is 13.1. The first-order valence-electron chi connectivity index (χ1n) is 5.59. The normalized spacial score (nSPS) is 10.1. The molecule has 0 atom stereocenters. The highest BCUT2D eigenvalue weighted by molar-refractivity contribution is 5.75. The van der Waals surface area contributed by atoms with Crippen molar-refractivity contribution < 1.29 is 9.50 Å². The highest BCUT2D eigenvalue weighted by atomic mass is 19.1. The summed E-state index contributed by atoms with van der Waals surface area (Å²) in [5, 5.41) is 12.7. The van der Waals surface area contributed by atoms with E-state index in [0.717, 1.165) is 11.3 Å². The first-order chi connectivity index (χ1) is 8.61. The molecule has 0 bridgehead atoms. The van der Waals surface area contributed by atoms with Gasteiger partial charge in [0.15, 0.2) is 0 Å². The van der Waals surface area contributed by atoms with E-state index in [4.69, 9.17) is 0 Å². The lowest BCUT2D eigenvalue weighted by molar-refractivity contribution is 0.477. The number of aromatic hydroxyl groups is 1. The van der Waals surface area contributed by atoms with Crippen molar-refractivity contribution in [3.05, 3.63) is 60.6 Å². The minimum Gasteiger partial charge on any atom is -0.507 e. The number of rotatable bonds is 3. The van der Waals surface area contributed by atoms with E-state index in [1.54, 1.807) is 18.2 Å². The molecule has 0 aliphatic heterocycles. The molecule has 0 saturated heterocycles. The number of nitrogens with one attached hydrogen (secondary N) is 1. The van der Waals surface area contributed by atoms with Gasteiger partial charge in [-0.3, -0.25) is 0 Å². The maximum atomic E-state index is 13.9.